The first-order valence-corrected chi connectivity index (χ1v) is 9.18. The highest BCUT2D eigenvalue weighted by atomic mass is 16.5. The second-order valence-corrected chi connectivity index (χ2v) is 6.85. The van der Waals surface area contributed by atoms with Crippen LogP contribution in [-0.4, -0.2) is 47.7 Å². The van der Waals surface area contributed by atoms with Crippen molar-refractivity contribution >= 4 is 11.7 Å². The normalized spacial score (nSPS) is 19.8. The number of carbonyl (C=O) groups is 1. The van der Waals surface area contributed by atoms with Crippen molar-refractivity contribution in [3.63, 3.8) is 0 Å². The van der Waals surface area contributed by atoms with Crippen LogP contribution in [0.5, 0.6) is 0 Å². The minimum atomic E-state index is -0.542. The topological polar surface area (TPSA) is 73.7 Å². The first-order valence-electron chi connectivity index (χ1n) is 9.18. The van der Waals surface area contributed by atoms with E-state index in [1.54, 1.807) is 19.1 Å². The van der Waals surface area contributed by atoms with Crippen molar-refractivity contribution in [3.8, 4) is 5.69 Å². The van der Waals surface area contributed by atoms with Crippen molar-refractivity contribution in [3.05, 3.63) is 51.9 Å². The summed E-state index contributed by atoms with van der Waals surface area (Å²) in [5, 5.41) is 4.36. The van der Waals surface area contributed by atoms with Gasteiger partial charge < -0.3 is 14.4 Å². The average molecular weight is 371 g/mol. The zero-order valence-corrected chi connectivity index (χ0v) is 16.1. The van der Waals surface area contributed by atoms with Gasteiger partial charge >= 0.3 is 5.97 Å². The highest BCUT2D eigenvalue weighted by Gasteiger charge is 2.28. The number of aryl methyl sites for hydroxylation is 1. The zero-order valence-electron chi connectivity index (χ0n) is 16.1. The van der Waals surface area contributed by atoms with Gasteiger partial charge in [-0.3, -0.25) is 4.79 Å². The molecule has 3 rings (SSSR count). The molecule has 2 atom stereocenters. The number of benzene rings is 1. The Morgan fingerprint density at radius 1 is 1.22 bits per heavy atom. The van der Waals surface area contributed by atoms with Crippen LogP contribution >= 0.6 is 0 Å². The van der Waals surface area contributed by atoms with E-state index in [2.05, 4.69) is 5.10 Å². The predicted octanol–water partition coefficient (Wildman–Crippen LogP) is 2.33. The van der Waals surface area contributed by atoms with Crippen LogP contribution in [0.2, 0.25) is 0 Å². The molecule has 0 amide bonds. The molecule has 1 fully saturated rings. The van der Waals surface area contributed by atoms with E-state index in [0.717, 1.165) is 5.56 Å². The van der Waals surface area contributed by atoms with E-state index >= 15 is 0 Å². The molecule has 7 heteroatoms. The minimum absolute atomic E-state index is 0.0108. The molecule has 0 radical (unpaired) electrons. The summed E-state index contributed by atoms with van der Waals surface area (Å²) >= 11 is 0. The standard InChI is InChI=1S/C20H25N3O4/c1-5-26-20(25)19-17(22-11-14(3)27-15(4)12-22)10-18(24)23(21-19)16-8-6-13(2)7-9-16/h6-10,14-15H,5,11-12H2,1-4H3. The molecule has 0 bridgehead atoms. The molecule has 144 valence electrons. The van der Waals surface area contributed by atoms with E-state index in [-0.39, 0.29) is 30.1 Å². The zero-order chi connectivity index (χ0) is 19.6. The second-order valence-electron chi connectivity index (χ2n) is 6.85. The molecule has 1 aromatic heterocycles. The van der Waals surface area contributed by atoms with Gasteiger partial charge in [0.1, 0.15) is 0 Å². The van der Waals surface area contributed by atoms with E-state index in [1.807, 2.05) is 37.8 Å². The van der Waals surface area contributed by atoms with Gasteiger partial charge in [-0.2, -0.15) is 9.78 Å². The van der Waals surface area contributed by atoms with Gasteiger partial charge in [-0.1, -0.05) is 17.7 Å². The maximum atomic E-state index is 12.8. The molecule has 2 aromatic rings. The summed E-state index contributed by atoms with van der Waals surface area (Å²) in [6.07, 6.45) is -0.0216. The molecule has 0 aliphatic carbocycles. The molecule has 7 nitrogen and oxygen atoms in total. The van der Waals surface area contributed by atoms with Crippen LogP contribution in [0.4, 0.5) is 5.69 Å². The summed E-state index contributed by atoms with van der Waals surface area (Å²) in [6.45, 7) is 9.03. The molecule has 0 N–H and O–H groups in total. The monoisotopic (exact) mass is 371 g/mol. The molecule has 27 heavy (non-hydrogen) atoms. The molecule has 1 saturated heterocycles. The molecule has 2 unspecified atom stereocenters. The summed E-state index contributed by atoms with van der Waals surface area (Å²) < 4.78 is 12.2. The lowest BCUT2D eigenvalue weighted by molar-refractivity contribution is -0.00540. The number of hydrogen-bond acceptors (Lipinski definition) is 6. The lowest BCUT2D eigenvalue weighted by Crippen LogP contribution is -2.46. The lowest BCUT2D eigenvalue weighted by atomic mass is 10.2. The van der Waals surface area contributed by atoms with Crippen molar-refractivity contribution in [2.24, 2.45) is 0 Å². The first kappa shape index (κ1) is 19.1. The van der Waals surface area contributed by atoms with Gasteiger partial charge in [0.2, 0.25) is 0 Å². The molecular formula is C20H25N3O4. The van der Waals surface area contributed by atoms with Crippen LogP contribution in [0.15, 0.2) is 35.1 Å². The highest BCUT2D eigenvalue weighted by molar-refractivity contribution is 5.93. The fourth-order valence-electron chi connectivity index (χ4n) is 3.28. The van der Waals surface area contributed by atoms with Crippen molar-refractivity contribution < 1.29 is 14.3 Å². The fraction of sp³-hybridized carbons (Fsp3) is 0.450. The SMILES string of the molecule is CCOC(=O)c1nn(-c2ccc(C)cc2)c(=O)cc1N1CC(C)OC(C)C1. The largest absolute Gasteiger partial charge is 0.461 e. The second kappa shape index (κ2) is 7.92. The third-order valence-electron chi connectivity index (χ3n) is 4.42. The first-order chi connectivity index (χ1) is 12.9. The number of aromatic nitrogens is 2. The van der Waals surface area contributed by atoms with Crippen LogP contribution in [0, 0.1) is 6.92 Å². The number of anilines is 1. The Morgan fingerprint density at radius 2 is 1.85 bits per heavy atom. The van der Waals surface area contributed by atoms with Crippen molar-refractivity contribution in [1.82, 2.24) is 9.78 Å². The van der Waals surface area contributed by atoms with Crippen molar-refractivity contribution in [2.45, 2.75) is 39.9 Å². The van der Waals surface area contributed by atoms with Gasteiger partial charge in [0.15, 0.2) is 5.69 Å². The Kier molecular flexibility index (Phi) is 5.60. The van der Waals surface area contributed by atoms with E-state index < -0.39 is 5.97 Å². The maximum absolute atomic E-state index is 12.8. The van der Waals surface area contributed by atoms with Crippen LogP contribution in [0.1, 0.15) is 36.8 Å². The number of nitrogens with zero attached hydrogens (tertiary/aromatic N) is 3. The smallest absolute Gasteiger partial charge is 0.360 e. The van der Waals surface area contributed by atoms with Gasteiger partial charge in [0.25, 0.3) is 5.56 Å². The lowest BCUT2D eigenvalue weighted by Gasteiger charge is -2.37. The summed E-state index contributed by atoms with van der Waals surface area (Å²) in [6, 6.07) is 8.86. The molecular weight excluding hydrogens is 346 g/mol. The minimum Gasteiger partial charge on any atom is -0.461 e. The van der Waals surface area contributed by atoms with Gasteiger partial charge in [0.05, 0.1) is 30.2 Å². The van der Waals surface area contributed by atoms with Crippen LogP contribution in [-0.2, 0) is 9.47 Å². The number of carbonyl (C=O) groups excluding carboxylic acids is 1. The Bertz CT molecular complexity index is 866. The van der Waals surface area contributed by atoms with Crippen molar-refractivity contribution in [1.29, 1.82) is 0 Å². The summed E-state index contributed by atoms with van der Waals surface area (Å²) in [5.41, 5.74) is 2.01. The third-order valence-corrected chi connectivity index (χ3v) is 4.42. The Balaban J connectivity index is 2.10. The molecule has 1 aromatic carbocycles. The van der Waals surface area contributed by atoms with Gasteiger partial charge in [-0.25, -0.2) is 4.79 Å². The van der Waals surface area contributed by atoms with Crippen LogP contribution < -0.4 is 10.5 Å². The predicted molar refractivity (Wildman–Crippen MR) is 103 cm³/mol. The number of esters is 1. The quantitative estimate of drug-likeness (QED) is 0.768. The molecule has 1 aliphatic rings. The van der Waals surface area contributed by atoms with Crippen LogP contribution in [0.3, 0.4) is 0 Å². The van der Waals surface area contributed by atoms with Gasteiger partial charge in [-0.05, 0) is 39.8 Å². The summed E-state index contributed by atoms with van der Waals surface area (Å²) in [4.78, 5) is 27.3. The van der Waals surface area contributed by atoms with E-state index in [0.29, 0.717) is 24.5 Å². The van der Waals surface area contributed by atoms with E-state index in [4.69, 9.17) is 9.47 Å². The highest BCUT2D eigenvalue weighted by Crippen LogP contribution is 2.23. The van der Waals surface area contributed by atoms with E-state index in [1.165, 1.54) is 10.7 Å². The van der Waals surface area contributed by atoms with Crippen LogP contribution in [0.25, 0.3) is 5.69 Å². The Labute approximate surface area is 158 Å². The number of morpholine rings is 1. The maximum Gasteiger partial charge on any atom is 0.360 e. The third kappa shape index (κ3) is 4.19. The Morgan fingerprint density at radius 3 is 2.44 bits per heavy atom. The molecule has 0 saturated carbocycles. The number of ether oxygens (including phenoxy) is 2. The molecule has 2 heterocycles. The molecule has 0 spiro atoms. The summed E-state index contributed by atoms with van der Waals surface area (Å²) in [7, 11) is 0. The van der Waals surface area contributed by atoms with Gasteiger partial charge in [-0.15, -0.1) is 0 Å². The number of rotatable bonds is 4. The number of hydrogen-bond donors (Lipinski definition) is 0. The van der Waals surface area contributed by atoms with E-state index in [9.17, 15) is 9.59 Å². The van der Waals surface area contributed by atoms with Gasteiger partial charge in [0, 0.05) is 19.2 Å². The molecule has 1 aliphatic heterocycles. The van der Waals surface area contributed by atoms with Crippen molar-refractivity contribution in [2.75, 3.05) is 24.6 Å². The average Bonchev–Trinajstić information content (AvgIpc) is 2.61. The fourth-order valence-corrected chi connectivity index (χ4v) is 3.28. The summed E-state index contributed by atoms with van der Waals surface area (Å²) in [5.74, 6) is -0.542. The Hall–Kier alpha value is -2.67.